The second-order valence-corrected chi connectivity index (χ2v) is 8.87. The van der Waals surface area contributed by atoms with E-state index in [0.29, 0.717) is 0 Å². The first-order valence-electron chi connectivity index (χ1n) is 12.6. The van der Waals surface area contributed by atoms with Crippen LogP contribution < -0.4 is 10.6 Å². The number of amides is 4. The normalized spacial score (nSPS) is 19.5. The molecule has 2 fully saturated rings. The summed E-state index contributed by atoms with van der Waals surface area (Å²) in [4.78, 5) is 46.2. The van der Waals surface area contributed by atoms with E-state index in [1.165, 1.54) is 40.9 Å². The molecule has 0 bridgehead atoms. The van der Waals surface area contributed by atoms with Gasteiger partial charge in [0.1, 0.15) is 0 Å². The summed E-state index contributed by atoms with van der Waals surface area (Å²) in [6.07, 6.45) is 0.516. The van der Waals surface area contributed by atoms with Gasteiger partial charge >= 0.3 is 55.3 Å². The fourth-order valence-electron chi connectivity index (χ4n) is 4.00. The van der Waals surface area contributed by atoms with Crippen molar-refractivity contribution in [2.75, 3.05) is 27.3 Å². The zero-order valence-electron chi connectivity index (χ0n) is 23.4. The molecule has 2 unspecified atom stereocenters. The van der Waals surface area contributed by atoms with Gasteiger partial charge in [-0.15, -0.1) is 0 Å². The number of urea groups is 2. The number of methoxy groups -OCH3 is 2. The summed E-state index contributed by atoms with van der Waals surface area (Å²) in [6.45, 7) is 1.69. The van der Waals surface area contributed by atoms with Gasteiger partial charge in [0.2, 0.25) is 13.1 Å². The number of rotatable bonds is 6. The monoisotopic (exact) mass is 672 g/mol. The molecule has 2 atom stereocenters. The van der Waals surface area contributed by atoms with Gasteiger partial charge in [0.25, 0.3) is 12.1 Å². The van der Waals surface area contributed by atoms with Gasteiger partial charge in [-0.05, 0) is 11.1 Å². The Labute approximate surface area is 255 Å². The van der Waals surface area contributed by atoms with Crippen LogP contribution in [0.3, 0.4) is 0 Å². The van der Waals surface area contributed by atoms with Crippen molar-refractivity contribution < 1.29 is 78.1 Å². The predicted molar refractivity (Wildman–Crippen MR) is 143 cm³/mol. The summed E-state index contributed by atoms with van der Waals surface area (Å²) >= 11 is 0. The summed E-state index contributed by atoms with van der Waals surface area (Å²) < 4.78 is 11.6. The maximum Gasteiger partial charge on any atom is 2.00 e. The third-order valence-corrected chi connectivity index (χ3v) is 6.02. The van der Waals surface area contributed by atoms with Gasteiger partial charge < -0.3 is 19.7 Å². The van der Waals surface area contributed by atoms with Crippen molar-refractivity contribution in [2.45, 2.75) is 31.8 Å². The van der Waals surface area contributed by atoms with Crippen molar-refractivity contribution in [1.82, 2.24) is 0 Å². The molecule has 14 heteroatoms. The van der Waals surface area contributed by atoms with Gasteiger partial charge in [-0.1, -0.05) is 69.8 Å². The predicted octanol–water partition coefficient (Wildman–Crippen LogP) is -0.599. The molecule has 2 aromatic carbocycles. The number of aliphatic hydroxyl groups is 2. The summed E-state index contributed by atoms with van der Waals surface area (Å²) in [7, 11) is 2.55. The Balaban J connectivity index is 0.000000376. The smallest absolute Gasteiger partial charge is 0.464 e. The van der Waals surface area contributed by atoms with E-state index in [-0.39, 0.29) is 69.3 Å². The summed E-state index contributed by atoms with van der Waals surface area (Å²) in [5.74, 6) is -1.05. The number of esters is 2. The molecule has 2 heterocycles. The van der Waals surface area contributed by atoms with Gasteiger partial charge in [0.05, 0.1) is 33.1 Å². The van der Waals surface area contributed by atoms with Crippen molar-refractivity contribution in [1.29, 1.82) is 5.26 Å². The van der Waals surface area contributed by atoms with Crippen molar-refractivity contribution in [3.8, 4) is 6.07 Å². The molecule has 4 amide bonds. The molecule has 6 N–H and O–H groups in total. The van der Waals surface area contributed by atoms with E-state index in [1.807, 2.05) is 60.7 Å². The topological polar surface area (TPSA) is 190 Å². The van der Waals surface area contributed by atoms with E-state index in [4.69, 9.17) is 5.26 Å². The van der Waals surface area contributed by atoms with Gasteiger partial charge in [-0.25, -0.2) is 20.2 Å². The van der Waals surface area contributed by atoms with Crippen LogP contribution in [0.5, 0.6) is 0 Å². The molecule has 1 radical (unpaired) electrons. The number of nitrogens with two attached hydrogens (primary N) is 2. The fraction of sp³-hybridized carbons (Fsp3) is 0.321. The second kappa shape index (κ2) is 18.2. The molecular formula is C28H35N5O8Rh+6. The standard InChI is InChI=1S/2C13H14N2O4.C2H3N.Rh/c2*1-19-12(17)10-8-15(13(18)14-10)11(16)7-9-5-3-2-4-6-9;1-2-3;/h2*2-6,10H,7-8H2,1H3,(H,14,18);1H3;/q;;;+2/p+4. The molecule has 2 aromatic rings. The minimum Gasteiger partial charge on any atom is -0.464 e. The molecular weight excluding hydrogens is 637 g/mol. The largest absolute Gasteiger partial charge is 2.00 e. The first-order valence-corrected chi connectivity index (χ1v) is 12.6. The second-order valence-electron chi connectivity index (χ2n) is 8.87. The van der Waals surface area contributed by atoms with Crippen molar-refractivity contribution >= 4 is 35.8 Å². The van der Waals surface area contributed by atoms with Crippen molar-refractivity contribution in [2.24, 2.45) is 0 Å². The Bertz CT molecular complexity index is 1250. The fourth-order valence-corrected chi connectivity index (χ4v) is 4.00. The first-order chi connectivity index (χ1) is 19.6. The Hall–Kier alpha value is -4.31. The number of hydrogen-bond acceptors (Lipinski definition) is 7. The van der Waals surface area contributed by atoms with Crippen LogP contribution in [0.15, 0.2) is 60.7 Å². The molecule has 2 aliphatic heterocycles. The number of primary amides is 2. The average molecular weight is 673 g/mol. The average Bonchev–Trinajstić information content (AvgIpc) is 3.57. The number of ether oxygens (including phenoxy) is 2. The van der Waals surface area contributed by atoms with Gasteiger partial charge in [0.15, 0.2) is 0 Å². The molecule has 0 saturated carbocycles. The molecule has 42 heavy (non-hydrogen) atoms. The van der Waals surface area contributed by atoms with Crippen LogP contribution in [-0.2, 0) is 51.4 Å². The molecule has 223 valence electrons. The molecule has 2 aliphatic rings. The molecule has 0 aliphatic carbocycles. The van der Waals surface area contributed by atoms with Crippen molar-refractivity contribution in [3.63, 3.8) is 0 Å². The molecule has 2 saturated heterocycles. The molecule has 13 nitrogen and oxygen atoms in total. The number of aliphatic hydroxyl groups excluding tert-OH is 2. The van der Waals surface area contributed by atoms with Crippen molar-refractivity contribution in [3.05, 3.63) is 71.8 Å². The van der Waals surface area contributed by atoms with E-state index >= 15 is 0 Å². The quantitative estimate of drug-likeness (QED) is 0.134. The van der Waals surface area contributed by atoms with Crippen LogP contribution in [0.4, 0.5) is 9.59 Å². The first kappa shape index (κ1) is 35.7. The number of quaternary nitrogens is 2. The number of carbonyl (C=O) groups excluding carboxylic acids is 4. The Morgan fingerprint density at radius 3 is 1.40 bits per heavy atom. The third kappa shape index (κ3) is 10.6. The molecule has 0 aromatic heterocycles. The van der Waals surface area contributed by atoms with Crippen LogP contribution in [-0.4, -0.2) is 94.6 Å². The van der Waals surface area contributed by atoms with Crippen LogP contribution >= 0.6 is 0 Å². The van der Waals surface area contributed by atoms with Crippen LogP contribution in [0.2, 0.25) is 0 Å². The Morgan fingerprint density at radius 2 is 1.12 bits per heavy atom. The minimum atomic E-state index is -0.615. The van der Waals surface area contributed by atoms with E-state index in [0.717, 1.165) is 11.1 Å². The van der Waals surface area contributed by atoms with E-state index in [2.05, 4.69) is 9.47 Å². The van der Waals surface area contributed by atoms with Crippen LogP contribution in [0, 0.1) is 11.3 Å². The summed E-state index contributed by atoms with van der Waals surface area (Å²) in [6, 6.07) is 18.4. The SMILES string of the molecule is CC#N.COC(=O)C1C/[N+](=C(/O)Cc2ccccc2)C(=O)[NH2+]1.COC(=O)C1C/[N+](=C(/O)Cc2ccccc2)C(=O)[NH2+]1.[Rh+2]. The maximum atomic E-state index is 11.7. The number of carbonyl (C=O) groups is 4. The number of hydrogen-bond donors (Lipinski definition) is 4. The number of benzene rings is 2. The van der Waals surface area contributed by atoms with E-state index in [9.17, 15) is 29.4 Å². The number of nitrogens with zero attached hydrogens (tertiary/aromatic N) is 3. The van der Waals surface area contributed by atoms with Crippen LogP contribution in [0.1, 0.15) is 18.1 Å². The maximum absolute atomic E-state index is 11.7. The van der Waals surface area contributed by atoms with Crippen LogP contribution in [0.25, 0.3) is 0 Å². The zero-order valence-corrected chi connectivity index (χ0v) is 25.1. The van der Waals surface area contributed by atoms with Gasteiger partial charge in [-0.3, -0.25) is 0 Å². The Morgan fingerprint density at radius 1 is 0.810 bits per heavy atom. The Kier molecular flexibility index (Phi) is 15.5. The van der Waals surface area contributed by atoms with E-state index < -0.39 is 24.0 Å². The zero-order chi connectivity index (χ0) is 30.4. The molecule has 0 spiro atoms. The third-order valence-electron chi connectivity index (χ3n) is 6.02. The van der Waals surface area contributed by atoms with Gasteiger partial charge in [-0.2, -0.15) is 14.9 Å². The number of nitriles is 1. The summed E-state index contributed by atoms with van der Waals surface area (Å²) in [5, 5.41) is 29.9. The molecule has 4 rings (SSSR count). The van der Waals surface area contributed by atoms with E-state index in [1.54, 1.807) is 6.07 Å². The van der Waals surface area contributed by atoms with Gasteiger partial charge in [0, 0.05) is 6.92 Å². The summed E-state index contributed by atoms with van der Waals surface area (Å²) in [5.41, 5.74) is 1.80. The minimum absolute atomic E-state index is 0.